The molecule has 1 aromatic rings. The first kappa shape index (κ1) is 17.7. The van der Waals surface area contributed by atoms with E-state index >= 15 is 0 Å². The van der Waals surface area contributed by atoms with Gasteiger partial charge in [-0.3, -0.25) is 9.59 Å². The van der Waals surface area contributed by atoms with E-state index < -0.39 is 12.1 Å². The van der Waals surface area contributed by atoms with E-state index in [2.05, 4.69) is 15.9 Å². The Morgan fingerprint density at radius 1 is 1.43 bits per heavy atom. The molecule has 2 rings (SSSR count). The predicted molar refractivity (Wildman–Crippen MR) is 87.4 cm³/mol. The average Bonchev–Trinajstić information content (AvgIpc) is 2.52. The highest BCUT2D eigenvalue weighted by Crippen LogP contribution is 2.21. The fourth-order valence-corrected chi connectivity index (χ4v) is 2.94. The Labute approximate surface area is 143 Å². The minimum atomic E-state index is -1.03. The molecule has 7 heteroatoms. The smallest absolute Gasteiger partial charge is 0.323 e. The first-order valence-electron chi connectivity index (χ1n) is 7.49. The summed E-state index contributed by atoms with van der Waals surface area (Å²) in [5.41, 5.74) is 0. The average molecular weight is 386 g/mol. The van der Waals surface area contributed by atoms with Gasteiger partial charge in [0, 0.05) is 23.7 Å². The molecule has 0 spiro atoms. The van der Waals surface area contributed by atoms with Crippen molar-refractivity contribution in [2.24, 2.45) is 0 Å². The van der Waals surface area contributed by atoms with Crippen molar-refractivity contribution < 1.29 is 24.2 Å². The number of rotatable bonds is 6. The van der Waals surface area contributed by atoms with Gasteiger partial charge in [0.25, 0.3) is 5.91 Å². The number of aliphatic carboxylic acids is 1. The van der Waals surface area contributed by atoms with Gasteiger partial charge in [0.15, 0.2) is 6.10 Å². The van der Waals surface area contributed by atoms with Gasteiger partial charge in [-0.1, -0.05) is 22.0 Å². The van der Waals surface area contributed by atoms with Crippen LogP contribution in [0.4, 0.5) is 0 Å². The highest BCUT2D eigenvalue weighted by Gasteiger charge is 2.31. The van der Waals surface area contributed by atoms with Crippen molar-refractivity contribution in [2.45, 2.75) is 31.9 Å². The van der Waals surface area contributed by atoms with E-state index in [1.54, 1.807) is 19.1 Å². The summed E-state index contributed by atoms with van der Waals surface area (Å²) >= 11 is 3.35. The van der Waals surface area contributed by atoms with Crippen LogP contribution in [0.15, 0.2) is 28.7 Å². The summed E-state index contributed by atoms with van der Waals surface area (Å²) in [6.07, 6.45) is 0.525. The van der Waals surface area contributed by atoms with Crippen LogP contribution in [-0.2, 0) is 14.3 Å². The topological polar surface area (TPSA) is 76.1 Å². The number of nitrogens with zero attached hydrogens (tertiary/aromatic N) is 1. The Balaban J connectivity index is 2.07. The second-order valence-corrected chi connectivity index (χ2v) is 6.34. The third-order valence-corrected chi connectivity index (χ3v) is 4.17. The number of carboxylic acid groups (broad SMARTS) is 1. The molecule has 23 heavy (non-hydrogen) atoms. The van der Waals surface area contributed by atoms with E-state index in [0.717, 1.165) is 4.47 Å². The van der Waals surface area contributed by atoms with Crippen LogP contribution >= 0.6 is 15.9 Å². The molecule has 1 atom stereocenters. The fourth-order valence-electron chi connectivity index (χ4n) is 2.56. The number of carbonyl (C=O) groups is 2. The lowest BCUT2D eigenvalue weighted by Gasteiger charge is -2.34. The van der Waals surface area contributed by atoms with Crippen molar-refractivity contribution in [1.82, 2.24) is 4.90 Å². The third kappa shape index (κ3) is 5.21. The molecule has 0 aliphatic carbocycles. The van der Waals surface area contributed by atoms with Gasteiger partial charge < -0.3 is 19.5 Å². The molecule has 0 radical (unpaired) electrons. The van der Waals surface area contributed by atoms with E-state index in [-0.39, 0.29) is 18.5 Å². The molecule has 0 unspecified atom stereocenters. The zero-order valence-electron chi connectivity index (χ0n) is 12.9. The highest BCUT2D eigenvalue weighted by atomic mass is 79.9. The van der Waals surface area contributed by atoms with Crippen molar-refractivity contribution in [1.29, 1.82) is 0 Å². The number of halogens is 1. The summed E-state index contributed by atoms with van der Waals surface area (Å²) < 4.78 is 11.8. The van der Waals surface area contributed by atoms with Crippen LogP contribution in [0.3, 0.4) is 0 Å². The van der Waals surface area contributed by atoms with Crippen molar-refractivity contribution in [3.05, 3.63) is 28.7 Å². The lowest BCUT2D eigenvalue weighted by molar-refractivity contribution is -0.151. The highest BCUT2D eigenvalue weighted by molar-refractivity contribution is 9.10. The summed E-state index contributed by atoms with van der Waals surface area (Å²) in [6, 6.07) is 7.06. The number of hydrogen-bond acceptors (Lipinski definition) is 4. The number of carbonyl (C=O) groups excluding carboxylic acids is 1. The molecular formula is C16H20BrNO5. The van der Waals surface area contributed by atoms with Crippen molar-refractivity contribution in [2.75, 3.05) is 19.8 Å². The maximum Gasteiger partial charge on any atom is 0.323 e. The van der Waals surface area contributed by atoms with E-state index in [0.29, 0.717) is 31.8 Å². The van der Waals surface area contributed by atoms with Gasteiger partial charge in [-0.05, 0) is 38.0 Å². The second kappa shape index (κ2) is 8.31. The zero-order chi connectivity index (χ0) is 16.8. The molecule has 6 nitrogen and oxygen atoms in total. The summed E-state index contributed by atoms with van der Waals surface area (Å²) in [5.74, 6) is -0.791. The van der Waals surface area contributed by atoms with E-state index in [4.69, 9.17) is 14.6 Å². The molecule has 1 aliphatic rings. The van der Waals surface area contributed by atoms with Crippen molar-refractivity contribution in [3.8, 4) is 5.75 Å². The molecule has 1 fully saturated rings. The maximum absolute atomic E-state index is 12.7. The van der Waals surface area contributed by atoms with Crippen LogP contribution in [-0.4, -0.2) is 53.8 Å². The first-order chi connectivity index (χ1) is 11.0. The van der Waals surface area contributed by atoms with Gasteiger partial charge in [0.2, 0.25) is 0 Å². The molecule has 0 bridgehead atoms. The van der Waals surface area contributed by atoms with Gasteiger partial charge in [-0.15, -0.1) is 0 Å². The minimum absolute atomic E-state index is 0.124. The summed E-state index contributed by atoms with van der Waals surface area (Å²) in [5, 5.41) is 9.10. The van der Waals surface area contributed by atoms with Crippen LogP contribution in [0.25, 0.3) is 0 Å². The SMILES string of the molecule is C[C@H](Oc1cccc(Br)c1)C(=O)N(CC(=O)O)C1CCOCC1. The molecular weight excluding hydrogens is 366 g/mol. The van der Waals surface area contributed by atoms with Gasteiger partial charge >= 0.3 is 5.97 Å². The quantitative estimate of drug-likeness (QED) is 0.812. The van der Waals surface area contributed by atoms with Crippen LogP contribution < -0.4 is 4.74 Å². The Bertz CT molecular complexity index is 559. The van der Waals surface area contributed by atoms with Crippen LogP contribution in [0.2, 0.25) is 0 Å². The number of benzene rings is 1. The van der Waals surface area contributed by atoms with Crippen LogP contribution in [0.1, 0.15) is 19.8 Å². The fraction of sp³-hybridized carbons (Fsp3) is 0.500. The van der Waals surface area contributed by atoms with Crippen LogP contribution in [0.5, 0.6) is 5.75 Å². The Kier molecular flexibility index (Phi) is 6.41. The molecule has 1 saturated heterocycles. The molecule has 126 valence electrons. The second-order valence-electron chi connectivity index (χ2n) is 5.42. The summed E-state index contributed by atoms with van der Waals surface area (Å²) in [6.45, 7) is 2.39. The predicted octanol–water partition coefficient (Wildman–Crippen LogP) is 2.31. The number of amides is 1. The molecule has 0 aromatic heterocycles. The van der Waals surface area contributed by atoms with Crippen molar-refractivity contribution in [3.63, 3.8) is 0 Å². The molecule has 1 N–H and O–H groups in total. The monoisotopic (exact) mass is 385 g/mol. The summed E-state index contributed by atoms with van der Waals surface area (Å²) in [7, 11) is 0. The van der Waals surface area contributed by atoms with Gasteiger partial charge in [-0.2, -0.15) is 0 Å². The van der Waals surface area contributed by atoms with Crippen molar-refractivity contribution >= 4 is 27.8 Å². The first-order valence-corrected chi connectivity index (χ1v) is 8.29. The lowest BCUT2D eigenvalue weighted by atomic mass is 10.1. The van der Waals surface area contributed by atoms with Gasteiger partial charge in [0.05, 0.1) is 0 Å². The zero-order valence-corrected chi connectivity index (χ0v) is 14.5. The van der Waals surface area contributed by atoms with E-state index in [1.807, 2.05) is 12.1 Å². The Morgan fingerprint density at radius 3 is 2.74 bits per heavy atom. The van der Waals surface area contributed by atoms with E-state index in [9.17, 15) is 9.59 Å². The normalized spacial score (nSPS) is 16.6. The number of hydrogen-bond donors (Lipinski definition) is 1. The molecule has 1 aromatic carbocycles. The maximum atomic E-state index is 12.7. The Hall–Kier alpha value is -1.60. The Morgan fingerprint density at radius 2 is 2.13 bits per heavy atom. The molecule has 1 amide bonds. The minimum Gasteiger partial charge on any atom is -0.481 e. The van der Waals surface area contributed by atoms with E-state index in [1.165, 1.54) is 4.90 Å². The molecule has 0 saturated carbocycles. The van der Waals surface area contributed by atoms with Gasteiger partial charge in [-0.25, -0.2) is 0 Å². The number of ether oxygens (including phenoxy) is 2. The van der Waals surface area contributed by atoms with Gasteiger partial charge in [0.1, 0.15) is 12.3 Å². The summed E-state index contributed by atoms with van der Waals surface area (Å²) in [4.78, 5) is 25.2. The molecule has 1 aliphatic heterocycles. The number of carboxylic acids is 1. The largest absolute Gasteiger partial charge is 0.481 e. The lowest BCUT2D eigenvalue weighted by Crippen LogP contribution is -2.50. The standard InChI is InChI=1S/C16H20BrNO5/c1-11(23-14-4-2-3-12(17)9-14)16(21)18(10-15(19)20)13-5-7-22-8-6-13/h2-4,9,11,13H,5-8,10H2,1H3,(H,19,20)/t11-/m0/s1. The van der Waals surface area contributed by atoms with Crippen LogP contribution in [0, 0.1) is 0 Å². The third-order valence-electron chi connectivity index (χ3n) is 3.68. The molecule has 1 heterocycles.